The van der Waals surface area contributed by atoms with Gasteiger partial charge in [0, 0.05) is 5.69 Å². The van der Waals surface area contributed by atoms with Gasteiger partial charge < -0.3 is 14.8 Å². The Bertz CT molecular complexity index is 658. The lowest BCUT2D eigenvalue weighted by Gasteiger charge is -2.08. The molecule has 0 bridgehead atoms. The van der Waals surface area contributed by atoms with Crippen molar-refractivity contribution in [2.45, 2.75) is 19.8 Å². The van der Waals surface area contributed by atoms with Crippen LogP contribution < -0.4 is 14.8 Å². The van der Waals surface area contributed by atoms with Gasteiger partial charge in [-0.05, 0) is 61.4 Å². The quantitative estimate of drug-likeness (QED) is 0.633. The van der Waals surface area contributed by atoms with Gasteiger partial charge in [0.15, 0.2) is 0 Å². The third kappa shape index (κ3) is 7.10. The lowest BCUT2D eigenvalue weighted by atomic mass is 10.2. The molecule has 134 valence electrons. The van der Waals surface area contributed by atoms with Gasteiger partial charge in [-0.15, -0.1) is 0 Å². The number of carbonyl (C=O) groups excluding carboxylic acids is 1. The summed E-state index contributed by atoms with van der Waals surface area (Å²) in [4.78, 5) is 11.9. The van der Waals surface area contributed by atoms with Gasteiger partial charge in [0.25, 0.3) is 0 Å². The molecule has 25 heavy (non-hydrogen) atoms. The molecule has 0 aliphatic rings. The number of para-hydroxylation sites is 1. The Hall–Kier alpha value is -2.14. The van der Waals surface area contributed by atoms with Crippen molar-refractivity contribution < 1.29 is 14.3 Å². The Morgan fingerprint density at radius 3 is 2.56 bits per heavy atom. The maximum atomic E-state index is 11.9. The normalized spacial score (nSPS) is 10.3. The molecular weight excluding hydrogens is 334 g/mol. The molecule has 1 N–H and O–H groups in total. The molecule has 0 aliphatic carbocycles. The van der Waals surface area contributed by atoms with Gasteiger partial charge in [0.05, 0.1) is 19.5 Å². The summed E-state index contributed by atoms with van der Waals surface area (Å²) in [6.07, 6.45) is 2.02. The molecule has 0 saturated heterocycles. The predicted molar refractivity (Wildman–Crippen MR) is 105 cm³/mol. The summed E-state index contributed by atoms with van der Waals surface area (Å²) in [5.74, 6) is 3.17. The molecule has 0 aliphatic heterocycles. The van der Waals surface area contributed by atoms with Crippen molar-refractivity contribution in [2.24, 2.45) is 0 Å². The van der Waals surface area contributed by atoms with Crippen LogP contribution in [0.15, 0.2) is 48.5 Å². The summed E-state index contributed by atoms with van der Waals surface area (Å²) in [5.41, 5.74) is 1.95. The summed E-state index contributed by atoms with van der Waals surface area (Å²) < 4.78 is 10.9. The smallest absolute Gasteiger partial charge is 0.234 e. The highest BCUT2D eigenvalue weighted by atomic mass is 32.2. The van der Waals surface area contributed by atoms with Gasteiger partial charge >= 0.3 is 0 Å². The molecule has 5 heteroatoms. The van der Waals surface area contributed by atoms with E-state index in [0.29, 0.717) is 12.4 Å². The van der Waals surface area contributed by atoms with Gasteiger partial charge in [-0.1, -0.05) is 18.2 Å². The highest BCUT2D eigenvalue weighted by Gasteiger charge is 2.03. The van der Waals surface area contributed by atoms with E-state index in [1.807, 2.05) is 55.5 Å². The first-order valence-corrected chi connectivity index (χ1v) is 9.54. The fourth-order valence-corrected chi connectivity index (χ4v) is 3.05. The van der Waals surface area contributed by atoms with Gasteiger partial charge in [-0.2, -0.15) is 11.8 Å². The number of carbonyl (C=O) groups is 1. The number of thioether (sulfide) groups is 1. The van der Waals surface area contributed by atoms with Crippen LogP contribution in [0.5, 0.6) is 11.5 Å². The van der Waals surface area contributed by atoms with Crippen LogP contribution in [0.4, 0.5) is 5.69 Å². The minimum Gasteiger partial charge on any atom is -0.497 e. The van der Waals surface area contributed by atoms with Crippen molar-refractivity contribution in [2.75, 3.05) is 30.5 Å². The van der Waals surface area contributed by atoms with Crippen LogP contribution in [-0.2, 0) is 4.79 Å². The highest BCUT2D eigenvalue weighted by Crippen LogP contribution is 2.17. The molecule has 0 spiro atoms. The molecule has 0 unspecified atom stereocenters. The van der Waals surface area contributed by atoms with E-state index in [0.717, 1.165) is 41.3 Å². The zero-order chi connectivity index (χ0) is 17.9. The predicted octanol–water partition coefficient (Wildman–Crippen LogP) is 4.53. The molecule has 2 aromatic rings. The van der Waals surface area contributed by atoms with Crippen molar-refractivity contribution in [1.29, 1.82) is 0 Å². The Balaban J connectivity index is 1.53. The van der Waals surface area contributed by atoms with Gasteiger partial charge in [-0.3, -0.25) is 4.79 Å². The van der Waals surface area contributed by atoms with Crippen molar-refractivity contribution in [1.82, 2.24) is 0 Å². The number of aryl methyl sites for hydroxylation is 1. The molecule has 2 rings (SSSR count). The van der Waals surface area contributed by atoms with E-state index in [1.54, 1.807) is 18.9 Å². The van der Waals surface area contributed by atoms with E-state index in [2.05, 4.69) is 5.32 Å². The molecule has 4 nitrogen and oxygen atoms in total. The molecular formula is C20H25NO3S. The molecule has 0 aromatic heterocycles. The van der Waals surface area contributed by atoms with E-state index in [-0.39, 0.29) is 5.91 Å². The standard InChI is InChI=1S/C20H25NO3S/c1-16-7-3-4-8-19(16)24-13-5-6-14-25-15-20(22)21-17-9-11-18(23-2)12-10-17/h3-4,7-12H,5-6,13-15H2,1-2H3,(H,21,22). The second-order valence-electron chi connectivity index (χ2n) is 5.65. The Morgan fingerprint density at radius 1 is 1.08 bits per heavy atom. The molecule has 0 radical (unpaired) electrons. The first-order valence-electron chi connectivity index (χ1n) is 8.39. The van der Waals surface area contributed by atoms with E-state index in [9.17, 15) is 4.79 Å². The minimum atomic E-state index is 0.0197. The Morgan fingerprint density at radius 2 is 1.84 bits per heavy atom. The first kappa shape index (κ1) is 19.2. The number of benzene rings is 2. The number of unbranched alkanes of at least 4 members (excludes halogenated alkanes) is 1. The minimum absolute atomic E-state index is 0.0197. The maximum Gasteiger partial charge on any atom is 0.234 e. The number of rotatable bonds is 10. The van der Waals surface area contributed by atoms with Crippen molar-refractivity contribution >= 4 is 23.4 Å². The van der Waals surface area contributed by atoms with E-state index in [4.69, 9.17) is 9.47 Å². The highest BCUT2D eigenvalue weighted by molar-refractivity contribution is 7.99. The van der Waals surface area contributed by atoms with Crippen LogP contribution in [0.2, 0.25) is 0 Å². The third-order valence-electron chi connectivity index (χ3n) is 3.64. The fourth-order valence-electron chi connectivity index (χ4n) is 2.24. The number of anilines is 1. The lowest BCUT2D eigenvalue weighted by Crippen LogP contribution is -2.14. The van der Waals surface area contributed by atoms with Crippen LogP contribution >= 0.6 is 11.8 Å². The molecule has 2 aromatic carbocycles. The Kier molecular flexibility index (Phi) is 8.19. The van der Waals surface area contributed by atoms with Crippen LogP contribution in [0.1, 0.15) is 18.4 Å². The fraction of sp³-hybridized carbons (Fsp3) is 0.350. The van der Waals surface area contributed by atoms with E-state index >= 15 is 0 Å². The average molecular weight is 359 g/mol. The van der Waals surface area contributed by atoms with Gasteiger partial charge in [-0.25, -0.2) is 0 Å². The van der Waals surface area contributed by atoms with Crippen LogP contribution in [0.25, 0.3) is 0 Å². The molecule has 0 atom stereocenters. The summed E-state index contributed by atoms with van der Waals surface area (Å²) >= 11 is 1.65. The zero-order valence-corrected chi connectivity index (χ0v) is 15.6. The summed E-state index contributed by atoms with van der Waals surface area (Å²) in [5, 5.41) is 2.88. The van der Waals surface area contributed by atoms with Crippen LogP contribution in [0.3, 0.4) is 0 Å². The number of amides is 1. The molecule has 0 saturated carbocycles. The average Bonchev–Trinajstić information content (AvgIpc) is 2.63. The second-order valence-corrected chi connectivity index (χ2v) is 6.76. The van der Waals surface area contributed by atoms with Crippen LogP contribution in [-0.4, -0.2) is 31.1 Å². The topological polar surface area (TPSA) is 47.6 Å². The van der Waals surface area contributed by atoms with Gasteiger partial charge in [0.1, 0.15) is 11.5 Å². The zero-order valence-electron chi connectivity index (χ0n) is 14.8. The largest absolute Gasteiger partial charge is 0.497 e. The Labute approximate surface area is 153 Å². The number of methoxy groups -OCH3 is 1. The number of ether oxygens (including phenoxy) is 2. The van der Waals surface area contributed by atoms with Crippen molar-refractivity contribution in [3.63, 3.8) is 0 Å². The van der Waals surface area contributed by atoms with Crippen molar-refractivity contribution in [3.05, 3.63) is 54.1 Å². The second kappa shape index (κ2) is 10.7. The van der Waals surface area contributed by atoms with Crippen molar-refractivity contribution in [3.8, 4) is 11.5 Å². The SMILES string of the molecule is COc1ccc(NC(=O)CSCCCCOc2ccccc2C)cc1. The summed E-state index contributed by atoms with van der Waals surface area (Å²) in [6.45, 7) is 2.76. The number of hydrogen-bond donors (Lipinski definition) is 1. The molecule has 0 fully saturated rings. The lowest BCUT2D eigenvalue weighted by molar-refractivity contribution is -0.113. The molecule has 0 heterocycles. The number of nitrogens with one attached hydrogen (secondary N) is 1. The monoisotopic (exact) mass is 359 g/mol. The first-order chi connectivity index (χ1) is 12.2. The summed E-state index contributed by atoms with van der Waals surface area (Å²) in [7, 11) is 1.62. The maximum absolute atomic E-state index is 11.9. The number of hydrogen-bond acceptors (Lipinski definition) is 4. The van der Waals surface area contributed by atoms with E-state index in [1.165, 1.54) is 0 Å². The van der Waals surface area contributed by atoms with Crippen LogP contribution in [0, 0.1) is 6.92 Å². The molecule has 1 amide bonds. The summed E-state index contributed by atoms with van der Waals surface area (Å²) in [6, 6.07) is 15.4. The van der Waals surface area contributed by atoms with Gasteiger partial charge in [0.2, 0.25) is 5.91 Å². The van der Waals surface area contributed by atoms with E-state index < -0.39 is 0 Å². The third-order valence-corrected chi connectivity index (χ3v) is 4.68.